The summed E-state index contributed by atoms with van der Waals surface area (Å²) in [7, 11) is 1.38. The number of amides is 1. The first-order valence-corrected chi connectivity index (χ1v) is 7.53. The Labute approximate surface area is 126 Å². The van der Waals surface area contributed by atoms with E-state index in [9.17, 15) is 9.59 Å². The maximum Gasteiger partial charge on any atom is 0.328 e. The zero-order chi connectivity index (χ0) is 15.2. The van der Waals surface area contributed by atoms with Crippen molar-refractivity contribution < 1.29 is 14.3 Å². The molecule has 1 fully saturated rings. The van der Waals surface area contributed by atoms with Crippen molar-refractivity contribution in [2.24, 2.45) is 5.92 Å². The van der Waals surface area contributed by atoms with Gasteiger partial charge in [-0.25, -0.2) is 4.79 Å². The molecule has 21 heavy (non-hydrogen) atoms. The van der Waals surface area contributed by atoms with Crippen molar-refractivity contribution in [3.8, 4) is 0 Å². The average molecular weight is 289 g/mol. The predicted octanol–water partition coefficient (Wildman–Crippen LogP) is 2.42. The number of ether oxygens (including phenoxy) is 1. The van der Waals surface area contributed by atoms with Gasteiger partial charge in [0.05, 0.1) is 7.11 Å². The quantitative estimate of drug-likeness (QED) is 0.800. The number of carbonyl (C=O) groups is 2. The molecule has 0 bridgehead atoms. The lowest BCUT2D eigenvalue weighted by molar-refractivity contribution is -0.153. The lowest BCUT2D eigenvalue weighted by atomic mass is 10.0. The van der Waals surface area contributed by atoms with E-state index in [2.05, 4.69) is 6.92 Å². The Morgan fingerprint density at radius 2 is 2.10 bits per heavy atom. The number of likely N-dealkylation sites (tertiary alicyclic amines) is 1. The Hall–Kier alpha value is -1.84. The number of hydrogen-bond donors (Lipinski definition) is 0. The maximum absolute atomic E-state index is 12.3. The highest BCUT2D eigenvalue weighted by Gasteiger charge is 2.33. The van der Waals surface area contributed by atoms with E-state index in [1.54, 1.807) is 4.90 Å². The average Bonchev–Trinajstić information content (AvgIpc) is 2.66. The van der Waals surface area contributed by atoms with Crippen LogP contribution in [0.3, 0.4) is 0 Å². The van der Waals surface area contributed by atoms with Crippen LogP contribution in [0, 0.1) is 5.92 Å². The molecule has 1 aromatic carbocycles. The number of methoxy groups -OCH3 is 1. The van der Waals surface area contributed by atoms with E-state index in [1.807, 2.05) is 30.3 Å². The molecule has 1 aromatic rings. The number of esters is 1. The summed E-state index contributed by atoms with van der Waals surface area (Å²) < 4.78 is 4.93. The maximum atomic E-state index is 12.3. The van der Waals surface area contributed by atoms with E-state index in [0.29, 0.717) is 25.3 Å². The third kappa shape index (κ3) is 4.06. The first-order chi connectivity index (χ1) is 10.1. The molecule has 2 rings (SSSR count). The van der Waals surface area contributed by atoms with Crippen LogP contribution in [0.25, 0.3) is 0 Å². The van der Waals surface area contributed by atoms with Gasteiger partial charge in [-0.3, -0.25) is 4.79 Å². The van der Waals surface area contributed by atoms with Gasteiger partial charge < -0.3 is 9.64 Å². The second-order valence-electron chi connectivity index (χ2n) is 5.77. The molecule has 1 aliphatic rings. The second-order valence-corrected chi connectivity index (χ2v) is 5.77. The van der Waals surface area contributed by atoms with E-state index in [0.717, 1.165) is 18.4 Å². The van der Waals surface area contributed by atoms with Crippen LogP contribution in [0.5, 0.6) is 0 Å². The van der Waals surface area contributed by atoms with Crippen molar-refractivity contribution in [1.29, 1.82) is 0 Å². The summed E-state index contributed by atoms with van der Waals surface area (Å²) in [5, 5.41) is 0. The number of rotatable bonds is 4. The van der Waals surface area contributed by atoms with Crippen molar-refractivity contribution in [2.45, 2.75) is 38.6 Å². The van der Waals surface area contributed by atoms with Gasteiger partial charge in [0.25, 0.3) is 0 Å². The summed E-state index contributed by atoms with van der Waals surface area (Å²) in [6.45, 7) is 2.76. The van der Waals surface area contributed by atoms with Gasteiger partial charge in [0, 0.05) is 19.4 Å². The van der Waals surface area contributed by atoms with E-state index in [4.69, 9.17) is 4.74 Å². The SMILES string of the molecule is COC(=O)[C@@H](Cc1ccccc1)N1C[C@H](C)CCCC1=O. The molecule has 1 aliphatic heterocycles. The van der Waals surface area contributed by atoms with Gasteiger partial charge >= 0.3 is 5.97 Å². The minimum absolute atomic E-state index is 0.0608. The first kappa shape index (κ1) is 15.5. The Bertz CT molecular complexity index is 486. The largest absolute Gasteiger partial charge is 0.467 e. The van der Waals surface area contributed by atoms with E-state index >= 15 is 0 Å². The van der Waals surface area contributed by atoms with Crippen LogP contribution in [-0.4, -0.2) is 36.5 Å². The van der Waals surface area contributed by atoms with E-state index in [-0.39, 0.29) is 11.9 Å². The predicted molar refractivity (Wildman–Crippen MR) is 80.7 cm³/mol. The minimum Gasteiger partial charge on any atom is -0.467 e. The summed E-state index contributed by atoms with van der Waals surface area (Å²) in [6.07, 6.45) is 2.95. The molecule has 0 spiro atoms. The molecule has 0 aliphatic carbocycles. The second kappa shape index (κ2) is 7.25. The van der Waals surface area contributed by atoms with Crippen LogP contribution >= 0.6 is 0 Å². The lowest BCUT2D eigenvalue weighted by Crippen LogP contribution is -2.47. The zero-order valence-corrected chi connectivity index (χ0v) is 12.7. The molecule has 0 unspecified atom stereocenters. The van der Waals surface area contributed by atoms with Crippen molar-refractivity contribution in [1.82, 2.24) is 4.90 Å². The smallest absolute Gasteiger partial charge is 0.328 e. The summed E-state index contributed by atoms with van der Waals surface area (Å²) >= 11 is 0. The molecular formula is C17H23NO3. The standard InChI is InChI=1S/C17H23NO3/c1-13-7-6-10-16(19)18(12-13)15(17(20)21-2)11-14-8-4-3-5-9-14/h3-5,8-9,13,15H,6-7,10-12H2,1-2H3/t13-,15-/m1/s1. The molecule has 0 radical (unpaired) electrons. The van der Waals surface area contributed by atoms with Gasteiger partial charge in [0.2, 0.25) is 5.91 Å². The molecule has 4 nitrogen and oxygen atoms in total. The number of nitrogens with zero attached hydrogens (tertiary/aromatic N) is 1. The molecule has 1 saturated heterocycles. The third-order valence-corrected chi connectivity index (χ3v) is 4.04. The number of benzene rings is 1. The van der Waals surface area contributed by atoms with Crippen molar-refractivity contribution in [2.75, 3.05) is 13.7 Å². The van der Waals surface area contributed by atoms with Crippen LogP contribution in [0.4, 0.5) is 0 Å². The van der Waals surface area contributed by atoms with Crippen LogP contribution in [-0.2, 0) is 20.7 Å². The van der Waals surface area contributed by atoms with Gasteiger partial charge in [-0.2, -0.15) is 0 Å². The topological polar surface area (TPSA) is 46.6 Å². The van der Waals surface area contributed by atoms with Gasteiger partial charge in [-0.15, -0.1) is 0 Å². The highest BCUT2D eigenvalue weighted by molar-refractivity contribution is 5.85. The third-order valence-electron chi connectivity index (χ3n) is 4.04. The van der Waals surface area contributed by atoms with Gasteiger partial charge in [-0.05, 0) is 24.3 Å². The molecular weight excluding hydrogens is 266 g/mol. The van der Waals surface area contributed by atoms with Crippen LogP contribution in [0.15, 0.2) is 30.3 Å². The van der Waals surface area contributed by atoms with E-state index in [1.165, 1.54) is 7.11 Å². The molecule has 0 N–H and O–H groups in total. The number of carbonyl (C=O) groups excluding carboxylic acids is 2. The Morgan fingerprint density at radius 3 is 2.76 bits per heavy atom. The fourth-order valence-corrected chi connectivity index (χ4v) is 2.87. The monoisotopic (exact) mass is 289 g/mol. The fourth-order valence-electron chi connectivity index (χ4n) is 2.87. The molecule has 0 aromatic heterocycles. The summed E-state index contributed by atoms with van der Waals surface area (Å²) in [5.74, 6) is 0.145. The van der Waals surface area contributed by atoms with Gasteiger partial charge in [-0.1, -0.05) is 37.3 Å². The summed E-state index contributed by atoms with van der Waals surface area (Å²) in [4.78, 5) is 26.2. The number of hydrogen-bond acceptors (Lipinski definition) is 3. The molecule has 114 valence electrons. The van der Waals surface area contributed by atoms with Crippen molar-refractivity contribution in [3.63, 3.8) is 0 Å². The minimum atomic E-state index is -0.523. The molecule has 1 heterocycles. The van der Waals surface area contributed by atoms with Crippen LogP contribution in [0.2, 0.25) is 0 Å². The first-order valence-electron chi connectivity index (χ1n) is 7.53. The Morgan fingerprint density at radius 1 is 1.38 bits per heavy atom. The van der Waals surface area contributed by atoms with Gasteiger partial charge in [0.15, 0.2) is 0 Å². The summed E-state index contributed by atoms with van der Waals surface area (Å²) in [5.41, 5.74) is 1.04. The fraction of sp³-hybridized carbons (Fsp3) is 0.529. The Kier molecular flexibility index (Phi) is 5.37. The normalized spacial score (nSPS) is 20.8. The molecule has 1 amide bonds. The lowest BCUT2D eigenvalue weighted by Gasteiger charge is -2.30. The van der Waals surface area contributed by atoms with Crippen molar-refractivity contribution >= 4 is 11.9 Å². The van der Waals surface area contributed by atoms with Crippen LogP contribution in [0.1, 0.15) is 31.7 Å². The zero-order valence-electron chi connectivity index (χ0n) is 12.7. The summed E-state index contributed by atoms with van der Waals surface area (Å²) in [6, 6.07) is 9.25. The van der Waals surface area contributed by atoms with E-state index < -0.39 is 6.04 Å². The Balaban J connectivity index is 2.21. The molecule has 4 heteroatoms. The van der Waals surface area contributed by atoms with Crippen molar-refractivity contribution in [3.05, 3.63) is 35.9 Å². The van der Waals surface area contributed by atoms with Gasteiger partial charge in [0.1, 0.15) is 6.04 Å². The van der Waals surface area contributed by atoms with Crippen LogP contribution < -0.4 is 0 Å². The molecule has 2 atom stereocenters. The molecule has 0 saturated carbocycles. The highest BCUT2D eigenvalue weighted by atomic mass is 16.5. The highest BCUT2D eigenvalue weighted by Crippen LogP contribution is 2.21.